The van der Waals surface area contributed by atoms with Crippen LogP contribution in [0.2, 0.25) is 0 Å². The molecule has 3 nitrogen and oxygen atoms in total. The summed E-state index contributed by atoms with van der Waals surface area (Å²) >= 11 is 0. The predicted molar refractivity (Wildman–Crippen MR) is 88.1 cm³/mol. The van der Waals surface area contributed by atoms with Crippen LogP contribution in [0.25, 0.3) is 0 Å². The van der Waals surface area contributed by atoms with Gasteiger partial charge in [-0.2, -0.15) is 0 Å². The Bertz CT molecular complexity index is 439. The molecule has 0 bridgehead atoms. The Labute approximate surface area is 134 Å². The van der Waals surface area contributed by atoms with E-state index in [0.29, 0.717) is 18.8 Å². The Morgan fingerprint density at radius 3 is 2.64 bits per heavy atom. The molecule has 0 radical (unpaired) electrons. The Morgan fingerprint density at radius 1 is 1.18 bits per heavy atom. The summed E-state index contributed by atoms with van der Waals surface area (Å²) in [6.45, 7) is 2.03. The average Bonchev–Trinajstić information content (AvgIpc) is 2.87. The monoisotopic (exact) mass is 304 g/mol. The van der Waals surface area contributed by atoms with Gasteiger partial charge in [0.25, 0.3) is 0 Å². The number of methoxy groups -OCH3 is 1. The fourth-order valence-corrected chi connectivity index (χ4v) is 2.83. The van der Waals surface area contributed by atoms with E-state index in [9.17, 15) is 9.59 Å². The molecule has 0 N–H and O–H groups in total. The van der Waals surface area contributed by atoms with Gasteiger partial charge in [0.2, 0.25) is 0 Å². The van der Waals surface area contributed by atoms with Crippen LogP contribution in [0, 0.1) is 23.7 Å². The molecule has 0 saturated carbocycles. The third-order valence-corrected chi connectivity index (χ3v) is 4.16. The number of hydrogen-bond donors (Lipinski definition) is 0. The second-order valence-corrected chi connectivity index (χ2v) is 5.83. The van der Waals surface area contributed by atoms with E-state index in [1.807, 2.05) is 6.92 Å². The highest BCUT2D eigenvalue weighted by Gasteiger charge is 2.28. The van der Waals surface area contributed by atoms with Gasteiger partial charge in [0.1, 0.15) is 0 Å². The van der Waals surface area contributed by atoms with Crippen molar-refractivity contribution in [3.63, 3.8) is 0 Å². The Balaban J connectivity index is 2.14. The largest absolute Gasteiger partial charge is 0.469 e. The highest BCUT2D eigenvalue weighted by atomic mass is 16.5. The first-order valence-corrected chi connectivity index (χ1v) is 8.43. The minimum Gasteiger partial charge on any atom is -0.469 e. The third-order valence-electron chi connectivity index (χ3n) is 4.16. The van der Waals surface area contributed by atoms with Gasteiger partial charge in [0.15, 0.2) is 5.78 Å². The lowest BCUT2D eigenvalue weighted by Gasteiger charge is -2.15. The molecular weight excluding hydrogens is 276 g/mol. The van der Waals surface area contributed by atoms with Crippen molar-refractivity contribution in [2.75, 3.05) is 7.11 Å². The van der Waals surface area contributed by atoms with Gasteiger partial charge in [-0.05, 0) is 24.8 Å². The van der Waals surface area contributed by atoms with Crippen molar-refractivity contribution in [2.45, 2.75) is 64.7 Å². The lowest BCUT2D eigenvalue weighted by Crippen LogP contribution is -2.15. The molecule has 0 spiro atoms. The molecule has 0 aromatic rings. The average molecular weight is 304 g/mol. The van der Waals surface area contributed by atoms with E-state index >= 15 is 0 Å². The summed E-state index contributed by atoms with van der Waals surface area (Å²) in [6, 6.07) is 0. The molecule has 1 rings (SSSR count). The van der Waals surface area contributed by atoms with E-state index in [4.69, 9.17) is 0 Å². The van der Waals surface area contributed by atoms with Crippen molar-refractivity contribution in [1.29, 1.82) is 0 Å². The molecule has 0 saturated heterocycles. The minimum atomic E-state index is -0.120. The van der Waals surface area contributed by atoms with Crippen LogP contribution in [0.3, 0.4) is 0 Å². The number of unbranched alkanes of at least 4 members (excludes halogenated alkanes) is 4. The number of hydrogen-bond acceptors (Lipinski definition) is 3. The molecule has 22 heavy (non-hydrogen) atoms. The van der Waals surface area contributed by atoms with E-state index in [1.165, 1.54) is 7.11 Å². The molecule has 0 aromatic carbocycles. The number of ketones is 1. The molecule has 0 aromatic heterocycles. The van der Waals surface area contributed by atoms with Crippen LogP contribution < -0.4 is 0 Å². The number of allylic oxidation sites excluding steroid dienone is 2. The molecule has 0 amide bonds. The van der Waals surface area contributed by atoms with Crippen molar-refractivity contribution < 1.29 is 14.3 Å². The van der Waals surface area contributed by atoms with Gasteiger partial charge in [-0.15, -0.1) is 11.8 Å². The second kappa shape index (κ2) is 11.1. The van der Waals surface area contributed by atoms with Crippen LogP contribution in [0.15, 0.2) is 12.2 Å². The van der Waals surface area contributed by atoms with E-state index < -0.39 is 0 Å². The maximum Gasteiger partial charge on any atom is 0.305 e. The molecule has 0 fully saturated rings. The maximum atomic E-state index is 11.8. The second-order valence-electron chi connectivity index (χ2n) is 5.83. The summed E-state index contributed by atoms with van der Waals surface area (Å²) in [5, 5.41) is 0. The summed E-state index contributed by atoms with van der Waals surface area (Å²) in [4.78, 5) is 22.8. The van der Waals surface area contributed by atoms with Crippen LogP contribution in [-0.4, -0.2) is 18.9 Å². The summed E-state index contributed by atoms with van der Waals surface area (Å²) in [5.74, 6) is 6.75. The lowest BCUT2D eigenvalue weighted by atomic mass is 9.87. The van der Waals surface area contributed by atoms with Gasteiger partial charge in [-0.25, -0.2) is 0 Å². The molecule has 0 aliphatic heterocycles. The lowest BCUT2D eigenvalue weighted by molar-refractivity contribution is -0.140. The zero-order chi connectivity index (χ0) is 16.2. The van der Waals surface area contributed by atoms with E-state index in [-0.39, 0.29) is 17.7 Å². The van der Waals surface area contributed by atoms with Crippen LogP contribution >= 0.6 is 0 Å². The topological polar surface area (TPSA) is 43.4 Å². The van der Waals surface area contributed by atoms with Gasteiger partial charge in [0, 0.05) is 25.2 Å². The molecule has 1 aliphatic rings. The van der Waals surface area contributed by atoms with Crippen molar-refractivity contribution in [1.82, 2.24) is 0 Å². The zero-order valence-electron chi connectivity index (χ0n) is 13.9. The first-order valence-electron chi connectivity index (χ1n) is 8.43. The normalized spacial score (nSPS) is 19.8. The zero-order valence-corrected chi connectivity index (χ0v) is 13.9. The van der Waals surface area contributed by atoms with Crippen LogP contribution in [-0.2, 0) is 14.3 Å². The number of esters is 1. The summed E-state index contributed by atoms with van der Waals surface area (Å²) in [6.07, 6.45) is 12.4. The SMILES string of the molecule is CCC#CC[C@H]1C(=O)C=C[C@@H]1CCCCCCCC(=O)OC. The summed E-state index contributed by atoms with van der Waals surface area (Å²) in [7, 11) is 1.43. The van der Waals surface area contributed by atoms with Crippen LogP contribution in [0.4, 0.5) is 0 Å². The highest BCUT2D eigenvalue weighted by molar-refractivity contribution is 5.94. The van der Waals surface area contributed by atoms with Gasteiger partial charge in [-0.3, -0.25) is 9.59 Å². The smallest absolute Gasteiger partial charge is 0.305 e. The number of carbonyl (C=O) groups is 2. The molecular formula is C19H28O3. The fourth-order valence-electron chi connectivity index (χ4n) is 2.83. The summed E-state index contributed by atoms with van der Waals surface area (Å²) < 4.78 is 4.62. The summed E-state index contributed by atoms with van der Waals surface area (Å²) in [5.41, 5.74) is 0. The van der Waals surface area contributed by atoms with Gasteiger partial charge in [-0.1, -0.05) is 38.7 Å². The van der Waals surface area contributed by atoms with Crippen LogP contribution in [0.5, 0.6) is 0 Å². The first kappa shape index (κ1) is 18.5. The number of carbonyl (C=O) groups excluding carboxylic acids is 2. The Morgan fingerprint density at radius 2 is 1.91 bits per heavy atom. The number of ether oxygens (including phenoxy) is 1. The maximum absolute atomic E-state index is 11.8. The fraction of sp³-hybridized carbons (Fsp3) is 0.684. The van der Waals surface area contributed by atoms with Gasteiger partial charge < -0.3 is 4.74 Å². The van der Waals surface area contributed by atoms with E-state index in [2.05, 4.69) is 22.7 Å². The minimum absolute atomic E-state index is 0.0818. The van der Waals surface area contributed by atoms with Gasteiger partial charge in [0.05, 0.1) is 7.11 Å². The van der Waals surface area contributed by atoms with Crippen molar-refractivity contribution >= 4 is 11.8 Å². The van der Waals surface area contributed by atoms with Crippen molar-refractivity contribution in [2.24, 2.45) is 11.8 Å². The quantitative estimate of drug-likeness (QED) is 0.366. The first-order chi connectivity index (χ1) is 10.7. The van der Waals surface area contributed by atoms with E-state index in [1.54, 1.807) is 6.08 Å². The highest BCUT2D eigenvalue weighted by Crippen LogP contribution is 2.29. The van der Waals surface area contributed by atoms with Crippen molar-refractivity contribution in [3.8, 4) is 11.8 Å². The van der Waals surface area contributed by atoms with Crippen molar-refractivity contribution in [3.05, 3.63) is 12.2 Å². The number of rotatable bonds is 9. The molecule has 3 heteroatoms. The molecule has 0 unspecified atom stereocenters. The Hall–Kier alpha value is -1.56. The van der Waals surface area contributed by atoms with E-state index in [0.717, 1.165) is 44.9 Å². The van der Waals surface area contributed by atoms with Crippen LogP contribution in [0.1, 0.15) is 64.7 Å². The Kier molecular flexibility index (Phi) is 9.30. The standard InChI is InChI=1S/C19H28O3/c1-3-4-8-12-17-16(14-15-18(17)20)11-9-6-5-7-10-13-19(21)22-2/h14-17H,3,5-7,9-13H2,1-2H3/t16-,17+/m0/s1. The van der Waals surface area contributed by atoms with Gasteiger partial charge >= 0.3 is 5.97 Å². The predicted octanol–water partition coefficient (Wildman–Crippen LogP) is 4.06. The molecule has 1 aliphatic carbocycles. The molecule has 2 atom stereocenters. The third kappa shape index (κ3) is 6.93. The molecule has 122 valence electrons. The molecule has 0 heterocycles.